The van der Waals surface area contributed by atoms with E-state index < -0.39 is 121 Å². The van der Waals surface area contributed by atoms with Crippen molar-refractivity contribution in [2.24, 2.45) is 0 Å². The van der Waals surface area contributed by atoms with Crippen molar-refractivity contribution in [3.05, 3.63) is 214 Å². The minimum absolute atomic E-state index is 0.0169. The predicted molar refractivity (Wildman–Crippen MR) is 273 cm³/mol. The fourth-order valence-corrected chi connectivity index (χ4v) is 10.8. The molecular formula is C58H48N2O16S. The zero-order chi connectivity index (χ0) is 53.7. The first-order chi connectivity index (χ1) is 37.5. The molecule has 77 heavy (non-hydrogen) atoms. The van der Waals surface area contributed by atoms with Crippen molar-refractivity contribution < 1.29 is 76.6 Å². The molecule has 2 saturated heterocycles. The number of fused-ring (bicyclic) bond motifs is 2. The largest absolute Gasteiger partial charge is 0.452 e. The average Bonchev–Trinajstić information content (AvgIpc) is 4.07. The summed E-state index contributed by atoms with van der Waals surface area (Å²) in [6, 6.07) is 40.1. The van der Waals surface area contributed by atoms with E-state index in [2.05, 4.69) is 0 Å². The minimum atomic E-state index is -1.87. The number of amides is 4. The van der Waals surface area contributed by atoms with E-state index in [-0.39, 0.29) is 44.5 Å². The molecule has 0 aromatic heterocycles. The number of aliphatic hydroxyl groups excluding tert-OH is 1. The van der Waals surface area contributed by atoms with Gasteiger partial charge < -0.3 is 38.3 Å². The molecule has 0 unspecified atom stereocenters. The smallest absolute Gasteiger partial charge is 0.338 e. The van der Waals surface area contributed by atoms with Crippen LogP contribution in [-0.2, 0) is 33.2 Å². The summed E-state index contributed by atoms with van der Waals surface area (Å²) in [5.41, 5.74) is -0.848. The molecule has 0 aliphatic carbocycles. The third kappa shape index (κ3) is 10.4. The quantitative estimate of drug-likeness (QED) is 0.0626. The van der Waals surface area contributed by atoms with Crippen LogP contribution in [0.15, 0.2) is 170 Å². The third-order valence-corrected chi connectivity index (χ3v) is 14.5. The molecular weight excluding hydrogens is 1010 g/mol. The van der Waals surface area contributed by atoms with Gasteiger partial charge in [-0.05, 0) is 78.5 Å². The van der Waals surface area contributed by atoms with Gasteiger partial charge in [-0.1, -0.05) is 104 Å². The number of hydrogen-bond acceptors (Lipinski definition) is 17. The molecule has 6 aromatic rings. The predicted octanol–water partition coefficient (Wildman–Crippen LogP) is 6.43. The van der Waals surface area contributed by atoms with Crippen LogP contribution in [0.3, 0.4) is 0 Å². The van der Waals surface area contributed by atoms with Gasteiger partial charge in [-0.25, -0.2) is 19.2 Å². The molecule has 0 spiro atoms. The zero-order valence-corrected chi connectivity index (χ0v) is 41.8. The van der Waals surface area contributed by atoms with Gasteiger partial charge in [0.1, 0.15) is 29.7 Å². The van der Waals surface area contributed by atoms with Crippen LogP contribution in [-0.4, -0.2) is 142 Å². The van der Waals surface area contributed by atoms with E-state index in [1.165, 1.54) is 72.8 Å². The van der Waals surface area contributed by atoms with Crippen molar-refractivity contribution in [3.63, 3.8) is 0 Å². The number of nitrogens with zero attached hydrogens (tertiary/aromatic N) is 2. The number of hydrogen-bond donors (Lipinski definition) is 1. The number of benzene rings is 6. The number of imide groups is 2. The van der Waals surface area contributed by atoms with Gasteiger partial charge in [0, 0.05) is 0 Å². The maximum absolute atomic E-state index is 14.6. The van der Waals surface area contributed by atoms with Crippen molar-refractivity contribution in [1.82, 2.24) is 9.80 Å². The van der Waals surface area contributed by atoms with Crippen molar-refractivity contribution in [2.45, 2.75) is 67.4 Å². The van der Waals surface area contributed by atoms with Crippen LogP contribution < -0.4 is 0 Å². The molecule has 4 amide bonds. The molecule has 4 heterocycles. The van der Waals surface area contributed by atoms with E-state index in [0.29, 0.717) is 5.75 Å². The summed E-state index contributed by atoms with van der Waals surface area (Å²) in [5, 5.41) is 11.1. The standard InChI is InChI=1S/C58H48N2O16S/c1-2-77-58-44(60-51(64)39-29-17-18-30-40(39)52(60)65)48(76-56(69)36-25-13-6-14-26-36)46(74-54(67)34-21-9-4-10-22-34)42(72-58)32-70-57-43(59-49(62)37-27-15-16-28-38(37)50(59)63)47(75-55(68)35-23-11-5-12-24-35)45(41(31-61)71-57)73-53(66)33-19-7-3-8-20-33/h3-30,41-48,57-58,61H,2,31-32H2,1H3/t41-,42-,43-,44-,45-,46-,47-,48-,57-,58+/m1/s1. The lowest BCUT2D eigenvalue weighted by molar-refractivity contribution is -0.290. The second-order valence-corrected chi connectivity index (χ2v) is 19.4. The molecule has 2 fully saturated rings. The summed E-state index contributed by atoms with van der Waals surface area (Å²) in [4.78, 5) is 117. The monoisotopic (exact) mass is 1060 g/mol. The van der Waals surface area contributed by atoms with E-state index in [1.54, 1.807) is 104 Å². The van der Waals surface area contributed by atoms with E-state index in [4.69, 9.17) is 33.2 Å². The van der Waals surface area contributed by atoms with E-state index in [0.717, 1.165) is 21.6 Å². The minimum Gasteiger partial charge on any atom is -0.452 e. The van der Waals surface area contributed by atoms with Gasteiger partial charge in [-0.15, -0.1) is 11.8 Å². The van der Waals surface area contributed by atoms with E-state index in [9.17, 15) is 43.5 Å². The Morgan fingerprint density at radius 1 is 0.455 bits per heavy atom. The lowest BCUT2D eigenvalue weighted by Crippen LogP contribution is -2.69. The van der Waals surface area contributed by atoms with Crippen LogP contribution in [0.2, 0.25) is 0 Å². The second kappa shape index (κ2) is 22.9. The highest BCUT2D eigenvalue weighted by Crippen LogP contribution is 2.41. The summed E-state index contributed by atoms with van der Waals surface area (Å²) >= 11 is 1.14. The SMILES string of the molecule is CCS[C@@H]1O[C@H](CO[C@@H]2O[C@H](CO)[C@@H](OC(=O)c3ccccc3)[C@H](OC(=O)c3ccccc3)[C@H]2N2C(=O)c3ccccc3C2=O)[C@@H](OC(=O)c2ccccc2)[C@H](OC(=O)c2ccccc2)[C@H]1N1C(=O)c2ccccc2C1=O. The van der Waals surface area contributed by atoms with Gasteiger partial charge in [0.05, 0.1) is 57.7 Å². The molecule has 0 radical (unpaired) electrons. The summed E-state index contributed by atoms with van der Waals surface area (Å²) in [6.45, 7) is 0.186. The Morgan fingerprint density at radius 2 is 0.779 bits per heavy atom. The number of esters is 4. The van der Waals surface area contributed by atoms with Crippen LogP contribution >= 0.6 is 11.8 Å². The number of carbonyl (C=O) groups excluding carboxylic acids is 8. The number of aliphatic hydroxyl groups is 1. The summed E-state index contributed by atoms with van der Waals surface area (Å²) in [5.74, 6) is -6.59. The lowest BCUT2D eigenvalue weighted by Gasteiger charge is -2.49. The van der Waals surface area contributed by atoms with Gasteiger partial charge in [0.25, 0.3) is 23.6 Å². The molecule has 0 saturated carbocycles. The van der Waals surface area contributed by atoms with Crippen LogP contribution in [0.4, 0.5) is 0 Å². The van der Waals surface area contributed by atoms with Gasteiger partial charge in [0.15, 0.2) is 30.7 Å². The highest BCUT2D eigenvalue weighted by Gasteiger charge is 2.60. The Labute approximate surface area is 444 Å². The first kappa shape index (κ1) is 52.1. The molecule has 6 aromatic carbocycles. The highest BCUT2D eigenvalue weighted by atomic mass is 32.2. The average molecular weight is 1060 g/mol. The van der Waals surface area contributed by atoms with E-state index in [1.807, 2.05) is 0 Å². The Kier molecular flexibility index (Phi) is 15.5. The van der Waals surface area contributed by atoms with E-state index >= 15 is 0 Å². The van der Waals surface area contributed by atoms with Crippen molar-refractivity contribution >= 4 is 59.3 Å². The molecule has 19 heteroatoms. The van der Waals surface area contributed by atoms with Gasteiger partial charge >= 0.3 is 23.9 Å². The van der Waals surface area contributed by atoms with Crippen molar-refractivity contribution in [1.29, 1.82) is 0 Å². The third-order valence-electron chi connectivity index (χ3n) is 13.4. The van der Waals surface area contributed by atoms with Crippen LogP contribution in [0.25, 0.3) is 0 Å². The van der Waals surface area contributed by atoms with Crippen LogP contribution in [0, 0.1) is 0 Å². The molecule has 10 atom stereocenters. The number of rotatable bonds is 16. The molecule has 1 N–H and O–H groups in total. The van der Waals surface area contributed by atoms with Crippen molar-refractivity contribution in [2.75, 3.05) is 19.0 Å². The lowest BCUT2D eigenvalue weighted by atomic mass is 9.94. The zero-order valence-electron chi connectivity index (χ0n) is 40.9. The van der Waals surface area contributed by atoms with Gasteiger partial charge in [-0.2, -0.15) is 0 Å². The Morgan fingerprint density at radius 3 is 1.14 bits per heavy atom. The fraction of sp³-hybridized carbons (Fsp3) is 0.241. The maximum atomic E-state index is 14.6. The first-order valence-corrected chi connectivity index (χ1v) is 25.6. The summed E-state index contributed by atoms with van der Waals surface area (Å²) in [6.07, 6.45) is -11.9. The molecule has 0 bridgehead atoms. The normalized spacial score (nSPS) is 24.6. The van der Waals surface area contributed by atoms with Crippen molar-refractivity contribution in [3.8, 4) is 0 Å². The molecule has 4 aliphatic rings. The topological polar surface area (TPSA) is 228 Å². The molecule has 392 valence electrons. The number of ether oxygens (including phenoxy) is 7. The van der Waals surface area contributed by atoms with Crippen LogP contribution in [0.5, 0.6) is 0 Å². The molecule has 10 rings (SSSR count). The van der Waals surface area contributed by atoms with Crippen LogP contribution in [0.1, 0.15) is 89.8 Å². The Bertz CT molecular complexity index is 3130. The second-order valence-electron chi connectivity index (χ2n) is 18.0. The number of thioether (sulfide) groups is 1. The molecule has 4 aliphatic heterocycles. The first-order valence-electron chi connectivity index (χ1n) is 24.6. The Hall–Kier alpha value is -8.33. The fourth-order valence-electron chi connectivity index (χ4n) is 9.81. The number of carbonyl (C=O) groups is 8. The van der Waals surface area contributed by atoms with Gasteiger partial charge in [0.2, 0.25) is 0 Å². The highest BCUT2D eigenvalue weighted by molar-refractivity contribution is 7.99. The Balaban J connectivity index is 1.08. The van der Waals surface area contributed by atoms with Gasteiger partial charge in [-0.3, -0.25) is 29.0 Å². The summed E-state index contributed by atoms with van der Waals surface area (Å²) in [7, 11) is 0. The summed E-state index contributed by atoms with van der Waals surface area (Å²) < 4.78 is 44.8. The maximum Gasteiger partial charge on any atom is 0.338 e. The molecule has 18 nitrogen and oxygen atoms in total.